The van der Waals surface area contributed by atoms with Gasteiger partial charge >= 0.3 is 0 Å². The summed E-state index contributed by atoms with van der Waals surface area (Å²) in [6, 6.07) is 14.2. The van der Waals surface area contributed by atoms with E-state index in [0.717, 1.165) is 10.2 Å². The van der Waals surface area contributed by atoms with E-state index in [1.165, 1.54) is 11.3 Å². The molecule has 1 heterocycles. The van der Waals surface area contributed by atoms with Gasteiger partial charge in [0.05, 0.1) is 23.9 Å². The van der Waals surface area contributed by atoms with Gasteiger partial charge < -0.3 is 20.7 Å². The summed E-state index contributed by atoms with van der Waals surface area (Å²) in [6.45, 7) is 0.00555. The number of rotatable bonds is 8. The molecule has 150 valence electrons. The van der Waals surface area contributed by atoms with E-state index < -0.39 is 0 Å². The van der Waals surface area contributed by atoms with Crippen LogP contribution in [-0.4, -0.2) is 42.9 Å². The van der Waals surface area contributed by atoms with Gasteiger partial charge in [-0.2, -0.15) is 0 Å². The lowest BCUT2D eigenvalue weighted by atomic mass is 10.2. The molecule has 8 nitrogen and oxygen atoms in total. The van der Waals surface area contributed by atoms with Gasteiger partial charge in [0.1, 0.15) is 5.75 Å². The highest BCUT2D eigenvalue weighted by molar-refractivity contribution is 7.22. The quantitative estimate of drug-likeness (QED) is 0.525. The van der Waals surface area contributed by atoms with Crippen LogP contribution >= 0.6 is 11.3 Å². The number of carbonyl (C=O) groups excluding carboxylic acids is 3. The number of thiazole rings is 1. The van der Waals surface area contributed by atoms with Crippen molar-refractivity contribution in [3.8, 4) is 5.75 Å². The van der Waals surface area contributed by atoms with Gasteiger partial charge in [-0.3, -0.25) is 14.4 Å². The molecule has 0 aliphatic heterocycles. The van der Waals surface area contributed by atoms with E-state index in [2.05, 4.69) is 20.9 Å². The predicted octanol–water partition coefficient (Wildman–Crippen LogP) is 2.18. The van der Waals surface area contributed by atoms with Crippen LogP contribution in [0.2, 0.25) is 0 Å². The molecule has 0 saturated carbocycles. The van der Waals surface area contributed by atoms with E-state index in [1.807, 2.05) is 18.2 Å². The predicted molar refractivity (Wildman–Crippen MR) is 111 cm³/mol. The number of nitrogens with one attached hydrogen (secondary N) is 3. The molecule has 0 radical (unpaired) electrons. The molecule has 0 spiro atoms. The van der Waals surface area contributed by atoms with E-state index in [9.17, 15) is 14.4 Å². The van der Waals surface area contributed by atoms with Crippen molar-refractivity contribution in [1.82, 2.24) is 15.6 Å². The minimum Gasteiger partial charge on any atom is -0.497 e. The average Bonchev–Trinajstić information content (AvgIpc) is 3.14. The van der Waals surface area contributed by atoms with Gasteiger partial charge in [-0.25, -0.2) is 4.98 Å². The summed E-state index contributed by atoms with van der Waals surface area (Å²) in [5, 5.41) is 8.30. The number of fused-ring (bicyclic) bond motifs is 1. The lowest BCUT2D eigenvalue weighted by Crippen LogP contribution is -2.35. The molecular formula is C20H20N4O4S. The van der Waals surface area contributed by atoms with Crippen molar-refractivity contribution in [1.29, 1.82) is 0 Å². The van der Waals surface area contributed by atoms with Crippen molar-refractivity contribution in [3.63, 3.8) is 0 Å². The van der Waals surface area contributed by atoms with Crippen LogP contribution in [0, 0.1) is 0 Å². The molecule has 0 saturated heterocycles. The third kappa shape index (κ3) is 5.76. The molecule has 3 aromatic rings. The molecule has 3 amide bonds. The molecule has 3 rings (SSSR count). The lowest BCUT2D eigenvalue weighted by Gasteiger charge is -2.06. The minimum atomic E-state index is -0.377. The number of aromatic nitrogens is 1. The molecule has 0 atom stereocenters. The first-order valence-corrected chi connectivity index (χ1v) is 9.71. The lowest BCUT2D eigenvalue weighted by molar-refractivity contribution is -0.124. The van der Waals surface area contributed by atoms with Gasteiger partial charge in [0.25, 0.3) is 5.91 Å². The molecule has 1 aromatic heterocycles. The first kappa shape index (κ1) is 20.3. The fraction of sp³-hybridized carbons (Fsp3) is 0.200. The number of carbonyl (C=O) groups is 3. The second-order valence-electron chi connectivity index (χ2n) is 6.05. The maximum atomic E-state index is 12.0. The number of ether oxygens (including phenoxy) is 1. The topological polar surface area (TPSA) is 109 Å². The highest BCUT2D eigenvalue weighted by Crippen LogP contribution is 2.28. The monoisotopic (exact) mass is 412 g/mol. The van der Waals surface area contributed by atoms with Crippen LogP contribution in [0.4, 0.5) is 5.13 Å². The summed E-state index contributed by atoms with van der Waals surface area (Å²) >= 11 is 1.32. The Hall–Kier alpha value is -3.46. The van der Waals surface area contributed by atoms with Gasteiger partial charge in [-0.05, 0) is 30.3 Å². The Morgan fingerprint density at radius 2 is 1.83 bits per heavy atom. The van der Waals surface area contributed by atoms with Crippen molar-refractivity contribution >= 4 is 44.4 Å². The molecule has 3 N–H and O–H groups in total. The summed E-state index contributed by atoms with van der Waals surface area (Å²) in [7, 11) is 1.58. The fourth-order valence-electron chi connectivity index (χ4n) is 2.50. The third-order valence-electron chi connectivity index (χ3n) is 3.96. The third-order valence-corrected chi connectivity index (χ3v) is 4.90. The van der Waals surface area contributed by atoms with Crippen molar-refractivity contribution in [2.24, 2.45) is 0 Å². The van der Waals surface area contributed by atoms with Crippen molar-refractivity contribution in [2.45, 2.75) is 6.42 Å². The zero-order chi connectivity index (χ0) is 20.6. The van der Waals surface area contributed by atoms with Crippen molar-refractivity contribution in [2.75, 3.05) is 25.5 Å². The van der Waals surface area contributed by atoms with Gasteiger partial charge in [-0.1, -0.05) is 29.5 Å². The molecule has 0 aliphatic carbocycles. The second-order valence-corrected chi connectivity index (χ2v) is 7.08. The Balaban J connectivity index is 1.40. The fourth-order valence-corrected chi connectivity index (χ4v) is 3.41. The van der Waals surface area contributed by atoms with Gasteiger partial charge in [-0.15, -0.1) is 0 Å². The van der Waals surface area contributed by atoms with Gasteiger partial charge in [0.2, 0.25) is 11.8 Å². The molecule has 0 unspecified atom stereocenters. The van der Waals surface area contributed by atoms with Crippen LogP contribution in [0.3, 0.4) is 0 Å². The van der Waals surface area contributed by atoms with Crippen LogP contribution in [0.5, 0.6) is 5.75 Å². The first-order chi connectivity index (χ1) is 14.0. The highest BCUT2D eigenvalue weighted by atomic mass is 32.1. The number of benzene rings is 2. The van der Waals surface area contributed by atoms with E-state index in [1.54, 1.807) is 37.4 Å². The Labute approximate surface area is 171 Å². The summed E-state index contributed by atoms with van der Waals surface area (Å²) in [5.41, 5.74) is 1.28. The van der Waals surface area contributed by atoms with Crippen molar-refractivity contribution < 1.29 is 19.1 Å². The maximum Gasteiger partial charge on any atom is 0.251 e. The van der Waals surface area contributed by atoms with E-state index in [0.29, 0.717) is 16.4 Å². The summed E-state index contributed by atoms with van der Waals surface area (Å²) in [6.07, 6.45) is 0.0762. The zero-order valence-electron chi connectivity index (χ0n) is 15.7. The average molecular weight is 412 g/mol. The standard InChI is InChI=1S/C20H20N4O4S/c1-28-14-7-8-15-16(11-14)29-20(23-15)24-18(26)12-22-17(25)9-10-21-19(27)13-5-3-2-4-6-13/h2-8,11H,9-10,12H2,1H3,(H,21,27)(H,22,25)(H,23,24,26). The van der Waals surface area contributed by atoms with Crippen LogP contribution in [0.1, 0.15) is 16.8 Å². The molecule has 29 heavy (non-hydrogen) atoms. The summed E-state index contributed by atoms with van der Waals surface area (Å²) in [4.78, 5) is 40.1. The maximum absolute atomic E-state index is 12.0. The Morgan fingerprint density at radius 3 is 2.59 bits per heavy atom. The Kier molecular flexibility index (Phi) is 6.75. The second kappa shape index (κ2) is 9.65. The molecular weight excluding hydrogens is 392 g/mol. The van der Waals surface area contributed by atoms with Crippen molar-refractivity contribution in [3.05, 3.63) is 54.1 Å². The summed E-state index contributed by atoms with van der Waals surface area (Å²) < 4.78 is 6.05. The molecule has 9 heteroatoms. The number of amides is 3. The van der Waals surface area contributed by atoms with E-state index in [-0.39, 0.29) is 37.2 Å². The van der Waals surface area contributed by atoms with E-state index in [4.69, 9.17) is 4.74 Å². The van der Waals surface area contributed by atoms with Gasteiger partial charge in [0, 0.05) is 18.5 Å². The number of nitrogens with zero attached hydrogens (tertiary/aromatic N) is 1. The molecule has 2 aromatic carbocycles. The number of methoxy groups -OCH3 is 1. The number of anilines is 1. The van der Waals surface area contributed by atoms with Crippen LogP contribution in [0.15, 0.2) is 48.5 Å². The number of hydrogen-bond donors (Lipinski definition) is 3. The van der Waals surface area contributed by atoms with Gasteiger partial charge in [0.15, 0.2) is 5.13 Å². The minimum absolute atomic E-state index is 0.0762. The largest absolute Gasteiger partial charge is 0.497 e. The normalized spacial score (nSPS) is 10.4. The van der Waals surface area contributed by atoms with Crippen LogP contribution in [-0.2, 0) is 9.59 Å². The SMILES string of the molecule is COc1ccc2nc(NC(=O)CNC(=O)CCNC(=O)c3ccccc3)sc2c1. The number of hydrogen-bond acceptors (Lipinski definition) is 6. The van der Waals surface area contributed by atoms with Crippen LogP contribution < -0.4 is 20.7 Å². The first-order valence-electron chi connectivity index (χ1n) is 8.89. The highest BCUT2D eigenvalue weighted by Gasteiger charge is 2.11. The molecule has 0 fully saturated rings. The Bertz CT molecular complexity index is 1020. The van der Waals surface area contributed by atoms with Crippen LogP contribution in [0.25, 0.3) is 10.2 Å². The Morgan fingerprint density at radius 1 is 1.03 bits per heavy atom. The molecule has 0 aliphatic rings. The zero-order valence-corrected chi connectivity index (χ0v) is 16.5. The molecule has 0 bridgehead atoms. The summed E-state index contributed by atoms with van der Waals surface area (Å²) in [5.74, 6) is -0.241. The van der Waals surface area contributed by atoms with E-state index >= 15 is 0 Å². The smallest absolute Gasteiger partial charge is 0.251 e.